The standard InChI is InChI=1S/C10H9BrN4OS/c1-17-10-14-8(13-9(12)15-10)6-3-2-5(11)4-7(6)16/h2-4,16H,1H3,(H2,12,13,14,15). The van der Waals surface area contributed by atoms with Crippen LogP contribution in [0.4, 0.5) is 5.95 Å². The molecule has 0 aliphatic carbocycles. The minimum atomic E-state index is 0.0945. The summed E-state index contributed by atoms with van der Waals surface area (Å²) in [7, 11) is 0. The Bertz CT molecular complexity index is 564. The number of hydrogen-bond acceptors (Lipinski definition) is 6. The first kappa shape index (κ1) is 12.1. The van der Waals surface area contributed by atoms with Crippen molar-refractivity contribution < 1.29 is 5.11 Å². The number of phenolic OH excluding ortho intramolecular Hbond substituents is 1. The number of hydrogen-bond donors (Lipinski definition) is 2. The molecule has 88 valence electrons. The number of aromatic nitrogens is 3. The van der Waals surface area contributed by atoms with Gasteiger partial charge in [-0.3, -0.25) is 0 Å². The maximum absolute atomic E-state index is 9.82. The average molecular weight is 313 g/mol. The molecule has 0 unspecified atom stereocenters. The van der Waals surface area contributed by atoms with E-state index < -0.39 is 0 Å². The van der Waals surface area contributed by atoms with Crippen LogP contribution in [-0.4, -0.2) is 26.3 Å². The Morgan fingerprint density at radius 2 is 2.06 bits per heavy atom. The van der Waals surface area contributed by atoms with Gasteiger partial charge in [0.2, 0.25) is 5.95 Å². The highest BCUT2D eigenvalue weighted by Crippen LogP contribution is 2.30. The van der Waals surface area contributed by atoms with Crippen LogP contribution in [0.15, 0.2) is 27.8 Å². The number of anilines is 1. The van der Waals surface area contributed by atoms with E-state index >= 15 is 0 Å². The van der Waals surface area contributed by atoms with Gasteiger partial charge < -0.3 is 10.8 Å². The zero-order valence-electron chi connectivity index (χ0n) is 8.88. The van der Waals surface area contributed by atoms with E-state index in [1.807, 2.05) is 6.26 Å². The Morgan fingerprint density at radius 3 is 2.71 bits per heavy atom. The summed E-state index contributed by atoms with van der Waals surface area (Å²) in [5.74, 6) is 0.602. The molecule has 3 N–H and O–H groups in total. The van der Waals surface area contributed by atoms with E-state index in [9.17, 15) is 5.11 Å². The maximum Gasteiger partial charge on any atom is 0.224 e. The second-order valence-electron chi connectivity index (χ2n) is 3.17. The normalized spacial score (nSPS) is 10.5. The number of aromatic hydroxyl groups is 1. The first-order valence-electron chi connectivity index (χ1n) is 4.64. The van der Waals surface area contributed by atoms with E-state index in [1.54, 1.807) is 18.2 Å². The highest BCUT2D eigenvalue weighted by molar-refractivity contribution is 9.10. The van der Waals surface area contributed by atoms with Crippen LogP contribution < -0.4 is 5.73 Å². The minimum Gasteiger partial charge on any atom is -0.507 e. The third-order valence-corrected chi connectivity index (χ3v) is 3.06. The number of rotatable bonds is 2. The monoisotopic (exact) mass is 312 g/mol. The number of benzene rings is 1. The lowest BCUT2D eigenvalue weighted by Gasteiger charge is -2.05. The molecule has 0 saturated carbocycles. The molecule has 5 nitrogen and oxygen atoms in total. The van der Waals surface area contributed by atoms with Gasteiger partial charge in [0.15, 0.2) is 11.0 Å². The predicted octanol–water partition coefficient (Wildman–Crippen LogP) is 2.31. The number of phenols is 1. The van der Waals surface area contributed by atoms with Gasteiger partial charge in [-0.2, -0.15) is 9.97 Å². The van der Waals surface area contributed by atoms with Crippen LogP contribution >= 0.6 is 27.7 Å². The van der Waals surface area contributed by atoms with E-state index in [4.69, 9.17) is 5.73 Å². The Kier molecular flexibility index (Phi) is 3.49. The maximum atomic E-state index is 9.82. The van der Waals surface area contributed by atoms with E-state index in [-0.39, 0.29) is 11.7 Å². The van der Waals surface area contributed by atoms with Crippen molar-refractivity contribution in [3.8, 4) is 17.1 Å². The fraction of sp³-hybridized carbons (Fsp3) is 0.100. The van der Waals surface area contributed by atoms with Crippen molar-refractivity contribution in [3.05, 3.63) is 22.7 Å². The Morgan fingerprint density at radius 1 is 1.29 bits per heavy atom. The van der Waals surface area contributed by atoms with E-state index in [0.717, 1.165) is 4.47 Å². The molecule has 0 aliphatic rings. The molecular formula is C10H9BrN4OS. The second kappa shape index (κ2) is 4.89. The number of nitrogen functional groups attached to an aromatic ring is 1. The lowest BCUT2D eigenvalue weighted by Crippen LogP contribution is -2.01. The highest BCUT2D eigenvalue weighted by Gasteiger charge is 2.10. The van der Waals surface area contributed by atoms with Gasteiger partial charge in [0.1, 0.15) is 5.75 Å². The summed E-state index contributed by atoms with van der Waals surface area (Å²) in [5.41, 5.74) is 6.11. The molecule has 7 heteroatoms. The largest absolute Gasteiger partial charge is 0.507 e. The highest BCUT2D eigenvalue weighted by atomic mass is 79.9. The van der Waals surface area contributed by atoms with Gasteiger partial charge in [-0.1, -0.05) is 27.7 Å². The quantitative estimate of drug-likeness (QED) is 0.828. The number of nitrogens with zero attached hydrogens (tertiary/aromatic N) is 3. The molecule has 0 amide bonds. The van der Waals surface area contributed by atoms with Crippen molar-refractivity contribution >= 4 is 33.6 Å². The summed E-state index contributed by atoms with van der Waals surface area (Å²) in [6, 6.07) is 5.10. The van der Waals surface area contributed by atoms with Crippen LogP contribution in [0.1, 0.15) is 0 Å². The fourth-order valence-electron chi connectivity index (χ4n) is 1.28. The molecule has 0 atom stereocenters. The summed E-state index contributed by atoms with van der Waals surface area (Å²) >= 11 is 4.64. The molecule has 17 heavy (non-hydrogen) atoms. The molecule has 1 aromatic heterocycles. The van der Waals surface area contributed by atoms with Crippen LogP contribution in [0, 0.1) is 0 Å². The van der Waals surface area contributed by atoms with Crippen LogP contribution in [0.5, 0.6) is 5.75 Å². The van der Waals surface area contributed by atoms with Gasteiger partial charge >= 0.3 is 0 Å². The summed E-state index contributed by atoms with van der Waals surface area (Å²) in [4.78, 5) is 12.2. The van der Waals surface area contributed by atoms with Gasteiger partial charge in [0.05, 0.1) is 5.56 Å². The number of halogens is 1. The Hall–Kier alpha value is -1.34. The van der Waals surface area contributed by atoms with Crippen molar-refractivity contribution in [1.82, 2.24) is 15.0 Å². The molecule has 0 aliphatic heterocycles. The summed E-state index contributed by atoms with van der Waals surface area (Å²) in [6.45, 7) is 0. The zero-order chi connectivity index (χ0) is 12.4. The second-order valence-corrected chi connectivity index (χ2v) is 4.85. The first-order chi connectivity index (χ1) is 8.10. The topological polar surface area (TPSA) is 84.9 Å². The van der Waals surface area contributed by atoms with Gasteiger partial charge in [-0.25, -0.2) is 4.98 Å². The number of nitrogens with two attached hydrogens (primary N) is 1. The summed E-state index contributed by atoms with van der Waals surface area (Å²) in [6.07, 6.45) is 1.85. The third-order valence-electron chi connectivity index (χ3n) is 2.02. The molecule has 0 bridgehead atoms. The molecular weight excluding hydrogens is 304 g/mol. The van der Waals surface area contributed by atoms with Crippen LogP contribution in [0.25, 0.3) is 11.4 Å². The molecule has 1 heterocycles. The molecule has 2 aromatic rings. The van der Waals surface area contributed by atoms with Gasteiger partial charge in [-0.05, 0) is 24.5 Å². The molecule has 1 aromatic carbocycles. The molecule has 0 fully saturated rings. The lowest BCUT2D eigenvalue weighted by molar-refractivity contribution is 0.476. The fourth-order valence-corrected chi connectivity index (χ4v) is 1.99. The van der Waals surface area contributed by atoms with Crippen molar-refractivity contribution in [1.29, 1.82) is 0 Å². The van der Waals surface area contributed by atoms with E-state index in [1.165, 1.54) is 11.8 Å². The summed E-state index contributed by atoms with van der Waals surface area (Å²) < 4.78 is 0.783. The minimum absolute atomic E-state index is 0.0945. The van der Waals surface area contributed by atoms with Crippen molar-refractivity contribution in [2.45, 2.75) is 5.16 Å². The summed E-state index contributed by atoms with van der Waals surface area (Å²) in [5, 5.41) is 10.3. The van der Waals surface area contributed by atoms with Crippen molar-refractivity contribution in [2.75, 3.05) is 12.0 Å². The van der Waals surface area contributed by atoms with E-state index in [0.29, 0.717) is 16.5 Å². The van der Waals surface area contributed by atoms with Gasteiger partial charge in [0, 0.05) is 4.47 Å². The molecule has 0 radical (unpaired) electrons. The SMILES string of the molecule is CSc1nc(N)nc(-c2ccc(Br)cc2O)n1. The van der Waals surface area contributed by atoms with Crippen LogP contribution in [0.3, 0.4) is 0 Å². The lowest BCUT2D eigenvalue weighted by atomic mass is 10.2. The molecule has 0 saturated heterocycles. The van der Waals surface area contributed by atoms with Crippen molar-refractivity contribution in [3.63, 3.8) is 0 Å². The van der Waals surface area contributed by atoms with Crippen LogP contribution in [0.2, 0.25) is 0 Å². The van der Waals surface area contributed by atoms with Crippen LogP contribution in [-0.2, 0) is 0 Å². The number of thioether (sulfide) groups is 1. The Labute approximate surface area is 111 Å². The molecule has 2 rings (SSSR count). The Balaban J connectivity index is 2.55. The smallest absolute Gasteiger partial charge is 0.224 e. The average Bonchev–Trinajstić information content (AvgIpc) is 2.28. The predicted molar refractivity (Wildman–Crippen MR) is 70.8 cm³/mol. The van der Waals surface area contributed by atoms with Gasteiger partial charge in [-0.15, -0.1) is 0 Å². The van der Waals surface area contributed by atoms with E-state index in [2.05, 4.69) is 30.9 Å². The zero-order valence-corrected chi connectivity index (χ0v) is 11.3. The third kappa shape index (κ3) is 2.67. The van der Waals surface area contributed by atoms with Crippen molar-refractivity contribution in [2.24, 2.45) is 0 Å². The first-order valence-corrected chi connectivity index (χ1v) is 6.66. The molecule has 0 spiro atoms. The van der Waals surface area contributed by atoms with Gasteiger partial charge in [0.25, 0.3) is 0 Å².